The van der Waals surface area contributed by atoms with Gasteiger partial charge in [0.25, 0.3) is 0 Å². The van der Waals surface area contributed by atoms with Crippen molar-refractivity contribution in [3.8, 4) is 11.1 Å². The van der Waals surface area contributed by atoms with Gasteiger partial charge in [-0.25, -0.2) is 0 Å². The minimum Gasteiger partial charge on any atom is -0.259 e. The van der Waals surface area contributed by atoms with Crippen LogP contribution in [0.15, 0.2) is 42.6 Å². The molecule has 2 aromatic rings. The Bertz CT molecular complexity index is 517. The van der Waals surface area contributed by atoms with Crippen LogP contribution in [0.5, 0.6) is 0 Å². The largest absolute Gasteiger partial charge is 0.416 e. The Morgan fingerprint density at radius 3 is 2.00 bits per heavy atom. The molecule has 0 radical (unpaired) electrons. The SMILES string of the molecule is FC(F)(F)c1ccc(-c2ccc(CCl)nc2)cc1. The monoisotopic (exact) mass is 271 g/mol. The molecule has 1 heterocycles. The van der Waals surface area contributed by atoms with Gasteiger partial charge in [0, 0.05) is 11.8 Å². The molecule has 0 saturated carbocycles. The lowest BCUT2D eigenvalue weighted by atomic mass is 10.1. The average Bonchev–Trinajstić information content (AvgIpc) is 2.38. The maximum absolute atomic E-state index is 12.4. The zero-order chi connectivity index (χ0) is 13.2. The number of rotatable bonds is 2. The second-order valence-corrected chi connectivity index (χ2v) is 4.01. The lowest BCUT2D eigenvalue weighted by Crippen LogP contribution is -2.03. The molecule has 0 unspecified atom stereocenters. The normalized spacial score (nSPS) is 11.6. The van der Waals surface area contributed by atoms with Gasteiger partial charge in [-0.15, -0.1) is 11.6 Å². The molecule has 0 aliphatic rings. The zero-order valence-electron chi connectivity index (χ0n) is 9.21. The average molecular weight is 272 g/mol. The highest BCUT2D eigenvalue weighted by Crippen LogP contribution is 2.30. The fourth-order valence-corrected chi connectivity index (χ4v) is 1.68. The Morgan fingerprint density at radius 1 is 0.944 bits per heavy atom. The zero-order valence-corrected chi connectivity index (χ0v) is 9.96. The van der Waals surface area contributed by atoms with E-state index in [1.807, 2.05) is 0 Å². The van der Waals surface area contributed by atoms with Gasteiger partial charge in [0.05, 0.1) is 17.1 Å². The first-order valence-corrected chi connectivity index (χ1v) is 5.72. The van der Waals surface area contributed by atoms with E-state index < -0.39 is 11.7 Å². The van der Waals surface area contributed by atoms with Crippen LogP contribution in [0.2, 0.25) is 0 Å². The van der Waals surface area contributed by atoms with Crippen molar-refractivity contribution in [2.24, 2.45) is 0 Å². The van der Waals surface area contributed by atoms with Gasteiger partial charge in [0.1, 0.15) is 0 Å². The van der Waals surface area contributed by atoms with Crippen molar-refractivity contribution in [1.82, 2.24) is 4.98 Å². The third-order valence-corrected chi connectivity index (χ3v) is 2.78. The number of nitrogens with zero attached hydrogens (tertiary/aromatic N) is 1. The van der Waals surface area contributed by atoms with Crippen LogP contribution >= 0.6 is 11.6 Å². The first kappa shape index (κ1) is 12.9. The van der Waals surface area contributed by atoms with Gasteiger partial charge in [-0.2, -0.15) is 13.2 Å². The smallest absolute Gasteiger partial charge is 0.259 e. The standard InChI is InChI=1S/C13H9ClF3N/c14-7-12-6-3-10(8-18-12)9-1-4-11(5-2-9)13(15,16)17/h1-6,8H,7H2. The molecule has 0 N–H and O–H groups in total. The van der Waals surface area contributed by atoms with Crippen molar-refractivity contribution < 1.29 is 13.2 Å². The Balaban J connectivity index is 2.28. The van der Waals surface area contributed by atoms with Crippen LogP contribution in [0.25, 0.3) is 11.1 Å². The Labute approximate surface area is 107 Å². The molecule has 0 saturated heterocycles. The highest BCUT2D eigenvalue weighted by atomic mass is 35.5. The predicted molar refractivity (Wildman–Crippen MR) is 64.2 cm³/mol. The van der Waals surface area contributed by atoms with E-state index in [-0.39, 0.29) is 0 Å². The van der Waals surface area contributed by atoms with Crippen molar-refractivity contribution in [3.63, 3.8) is 0 Å². The fourth-order valence-electron chi connectivity index (χ4n) is 1.53. The molecule has 0 aliphatic carbocycles. The van der Waals surface area contributed by atoms with Crippen LogP contribution < -0.4 is 0 Å². The summed E-state index contributed by atoms with van der Waals surface area (Å²) in [4.78, 5) is 4.09. The summed E-state index contributed by atoms with van der Waals surface area (Å²) in [5.41, 5.74) is 1.53. The first-order chi connectivity index (χ1) is 8.50. The summed E-state index contributed by atoms with van der Waals surface area (Å²) in [5, 5.41) is 0. The third kappa shape index (κ3) is 2.82. The van der Waals surface area contributed by atoms with Gasteiger partial charge >= 0.3 is 6.18 Å². The quantitative estimate of drug-likeness (QED) is 0.733. The van der Waals surface area contributed by atoms with E-state index >= 15 is 0 Å². The molecule has 1 aromatic carbocycles. The van der Waals surface area contributed by atoms with Gasteiger partial charge in [-0.05, 0) is 23.8 Å². The van der Waals surface area contributed by atoms with E-state index in [0.29, 0.717) is 11.4 Å². The van der Waals surface area contributed by atoms with E-state index in [1.165, 1.54) is 12.1 Å². The Morgan fingerprint density at radius 2 is 1.56 bits per heavy atom. The highest BCUT2D eigenvalue weighted by Gasteiger charge is 2.29. The molecule has 0 spiro atoms. The van der Waals surface area contributed by atoms with E-state index in [4.69, 9.17) is 11.6 Å². The van der Waals surface area contributed by atoms with Gasteiger partial charge in [-0.3, -0.25) is 4.98 Å². The van der Waals surface area contributed by atoms with Crippen molar-refractivity contribution >= 4 is 11.6 Å². The van der Waals surface area contributed by atoms with Crippen molar-refractivity contribution in [2.75, 3.05) is 0 Å². The van der Waals surface area contributed by atoms with E-state index in [2.05, 4.69) is 4.98 Å². The Kier molecular flexibility index (Phi) is 3.57. The molecule has 5 heteroatoms. The van der Waals surface area contributed by atoms with Gasteiger partial charge < -0.3 is 0 Å². The van der Waals surface area contributed by atoms with Gasteiger partial charge in [0.15, 0.2) is 0 Å². The summed E-state index contributed by atoms with van der Waals surface area (Å²) < 4.78 is 37.2. The fraction of sp³-hybridized carbons (Fsp3) is 0.154. The summed E-state index contributed by atoms with van der Waals surface area (Å²) in [6.45, 7) is 0. The summed E-state index contributed by atoms with van der Waals surface area (Å²) in [7, 11) is 0. The molecule has 2 rings (SSSR count). The summed E-state index contributed by atoms with van der Waals surface area (Å²) in [5.74, 6) is 0.313. The molecule has 0 fully saturated rings. The van der Waals surface area contributed by atoms with Crippen LogP contribution in [0.1, 0.15) is 11.3 Å². The lowest BCUT2D eigenvalue weighted by Gasteiger charge is -2.07. The van der Waals surface area contributed by atoms with Crippen LogP contribution in [0, 0.1) is 0 Å². The summed E-state index contributed by atoms with van der Waals surface area (Å²) in [6, 6.07) is 8.52. The number of halogens is 4. The summed E-state index contributed by atoms with van der Waals surface area (Å²) in [6.07, 6.45) is -2.71. The van der Waals surface area contributed by atoms with Crippen molar-refractivity contribution in [2.45, 2.75) is 12.1 Å². The maximum atomic E-state index is 12.4. The van der Waals surface area contributed by atoms with E-state index in [0.717, 1.165) is 23.4 Å². The minimum absolute atomic E-state index is 0.313. The van der Waals surface area contributed by atoms with Gasteiger partial charge in [-0.1, -0.05) is 18.2 Å². The number of hydrogen-bond donors (Lipinski definition) is 0. The molecule has 0 aliphatic heterocycles. The molecule has 0 atom stereocenters. The molecule has 0 bridgehead atoms. The minimum atomic E-state index is -4.31. The van der Waals surface area contributed by atoms with Crippen LogP contribution in [0.3, 0.4) is 0 Å². The topological polar surface area (TPSA) is 12.9 Å². The van der Waals surface area contributed by atoms with E-state index in [1.54, 1.807) is 18.3 Å². The number of hydrogen-bond acceptors (Lipinski definition) is 1. The number of benzene rings is 1. The number of pyridine rings is 1. The van der Waals surface area contributed by atoms with E-state index in [9.17, 15) is 13.2 Å². The van der Waals surface area contributed by atoms with Crippen LogP contribution in [0.4, 0.5) is 13.2 Å². The van der Waals surface area contributed by atoms with Crippen molar-refractivity contribution in [3.05, 3.63) is 53.9 Å². The maximum Gasteiger partial charge on any atom is 0.416 e. The lowest BCUT2D eigenvalue weighted by molar-refractivity contribution is -0.137. The van der Waals surface area contributed by atoms with Crippen molar-refractivity contribution in [1.29, 1.82) is 0 Å². The second kappa shape index (κ2) is 4.98. The van der Waals surface area contributed by atoms with Crippen LogP contribution in [-0.2, 0) is 12.1 Å². The molecule has 1 aromatic heterocycles. The molecule has 18 heavy (non-hydrogen) atoms. The number of alkyl halides is 4. The predicted octanol–water partition coefficient (Wildman–Crippen LogP) is 4.51. The molecular weight excluding hydrogens is 263 g/mol. The number of aromatic nitrogens is 1. The van der Waals surface area contributed by atoms with Crippen LogP contribution in [-0.4, -0.2) is 4.98 Å². The molecule has 1 nitrogen and oxygen atoms in total. The van der Waals surface area contributed by atoms with Gasteiger partial charge in [0.2, 0.25) is 0 Å². The molecule has 0 amide bonds. The molecule has 94 valence electrons. The highest BCUT2D eigenvalue weighted by molar-refractivity contribution is 6.16. The molecular formula is C13H9ClF3N. The second-order valence-electron chi connectivity index (χ2n) is 3.75. The first-order valence-electron chi connectivity index (χ1n) is 5.19. The summed E-state index contributed by atoms with van der Waals surface area (Å²) >= 11 is 5.61. The Hall–Kier alpha value is -1.55. The third-order valence-electron chi connectivity index (χ3n) is 2.51.